The number of hydrogen-bond acceptors (Lipinski definition) is 5. The Morgan fingerprint density at radius 1 is 1.60 bits per heavy atom. The predicted molar refractivity (Wildman–Crippen MR) is 51.2 cm³/mol. The predicted octanol–water partition coefficient (Wildman–Crippen LogP) is 0.696. The third-order valence-corrected chi connectivity index (χ3v) is 3.92. The molecule has 0 aliphatic rings. The van der Waals surface area contributed by atoms with Crippen LogP contribution in [0.4, 0.5) is 0 Å². The molecule has 0 aromatic carbocycles. The molecule has 6 nitrogen and oxygen atoms in total. The third kappa shape index (κ3) is 2.79. The van der Waals surface area contributed by atoms with Crippen LogP contribution in [-0.4, -0.2) is 29.7 Å². The van der Waals surface area contributed by atoms with Crippen molar-refractivity contribution in [3.8, 4) is 0 Å². The minimum atomic E-state index is -3.29. The highest BCUT2D eigenvalue weighted by molar-refractivity contribution is 7.91. The summed E-state index contributed by atoms with van der Waals surface area (Å²) in [5.41, 5.74) is 0. The largest absolute Gasteiger partial charge is 0.474 e. The van der Waals surface area contributed by atoms with Gasteiger partial charge in [-0.25, -0.2) is 18.2 Å². The van der Waals surface area contributed by atoms with Crippen LogP contribution in [0.1, 0.15) is 30.3 Å². The third-order valence-electron chi connectivity index (χ3n) is 1.80. The fourth-order valence-electron chi connectivity index (χ4n) is 0.838. The molecule has 0 amide bonds. The van der Waals surface area contributed by atoms with E-state index in [9.17, 15) is 13.2 Å². The van der Waals surface area contributed by atoms with Gasteiger partial charge in [0, 0.05) is 0 Å². The number of carboxylic acid groups (broad SMARTS) is 1. The van der Waals surface area contributed by atoms with Crippen molar-refractivity contribution in [2.45, 2.75) is 24.9 Å². The highest BCUT2D eigenvalue weighted by atomic mass is 32.2. The summed E-state index contributed by atoms with van der Waals surface area (Å²) in [5.74, 6) is -2.10. The standard InChI is InChI=1S/C8H11NO5S/c1-5(2)15(12,13)4-6-3-9-7(14-6)8(10)11/h3,5H,4H2,1-2H3,(H,10,11). The Hall–Kier alpha value is -1.37. The van der Waals surface area contributed by atoms with Crippen molar-refractivity contribution in [2.75, 3.05) is 0 Å². The Morgan fingerprint density at radius 2 is 2.20 bits per heavy atom. The van der Waals surface area contributed by atoms with Gasteiger partial charge in [0.2, 0.25) is 0 Å². The average molecular weight is 233 g/mol. The molecule has 1 aromatic rings. The van der Waals surface area contributed by atoms with Gasteiger partial charge in [-0.15, -0.1) is 0 Å². The Balaban J connectivity index is 2.87. The normalized spacial score (nSPS) is 11.9. The lowest BCUT2D eigenvalue weighted by atomic mass is 10.6. The van der Waals surface area contributed by atoms with E-state index < -0.39 is 26.9 Å². The minimum absolute atomic E-state index is 0.0427. The summed E-state index contributed by atoms with van der Waals surface area (Å²) in [6.45, 7) is 3.09. The second-order valence-electron chi connectivity index (χ2n) is 3.29. The van der Waals surface area contributed by atoms with E-state index >= 15 is 0 Å². The van der Waals surface area contributed by atoms with Crippen molar-refractivity contribution < 1.29 is 22.7 Å². The molecule has 1 heterocycles. The molecule has 0 aliphatic carbocycles. The van der Waals surface area contributed by atoms with Crippen molar-refractivity contribution in [2.24, 2.45) is 0 Å². The monoisotopic (exact) mass is 233 g/mol. The van der Waals surface area contributed by atoms with E-state index in [-0.39, 0.29) is 11.5 Å². The molecule has 0 spiro atoms. The van der Waals surface area contributed by atoms with Gasteiger partial charge in [-0.05, 0) is 13.8 Å². The first-order chi connectivity index (χ1) is 6.83. The fraction of sp³-hybridized carbons (Fsp3) is 0.500. The summed E-state index contributed by atoms with van der Waals surface area (Å²) < 4.78 is 27.6. The number of carboxylic acids is 1. The summed E-state index contributed by atoms with van der Waals surface area (Å²) >= 11 is 0. The molecule has 15 heavy (non-hydrogen) atoms. The van der Waals surface area contributed by atoms with Crippen molar-refractivity contribution in [3.63, 3.8) is 0 Å². The number of hydrogen-bond donors (Lipinski definition) is 1. The molecule has 1 N–H and O–H groups in total. The van der Waals surface area contributed by atoms with Gasteiger partial charge in [0.15, 0.2) is 9.84 Å². The maximum absolute atomic E-state index is 11.4. The van der Waals surface area contributed by atoms with Crippen LogP contribution >= 0.6 is 0 Å². The van der Waals surface area contributed by atoms with Crippen LogP contribution < -0.4 is 0 Å². The smallest absolute Gasteiger partial charge is 0.392 e. The molecule has 0 radical (unpaired) electrons. The Morgan fingerprint density at radius 3 is 2.60 bits per heavy atom. The van der Waals surface area contributed by atoms with Gasteiger partial charge in [0.25, 0.3) is 0 Å². The van der Waals surface area contributed by atoms with Crippen molar-refractivity contribution >= 4 is 15.8 Å². The first kappa shape index (κ1) is 11.7. The number of aromatic nitrogens is 1. The molecule has 0 saturated heterocycles. The van der Waals surface area contributed by atoms with Crippen LogP contribution in [-0.2, 0) is 15.6 Å². The van der Waals surface area contributed by atoms with Crippen molar-refractivity contribution in [1.29, 1.82) is 0 Å². The van der Waals surface area contributed by atoms with Gasteiger partial charge in [-0.2, -0.15) is 0 Å². The topological polar surface area (TPSA) is 97.5 Å². The van der Waals surface area contributed by atoms with Crippen LogP contribution in [0.15, 0.2) is 10.6 Å². The van der Waals surface area contributed by atoms with Crippen molar-refractivity contribution in [1.82, 2.24) is 4.98 Å². The van der Waals surface area contributed by atoms with Gasteiger partial charge in [-0.1, -0.05) is 0 Å². The van der Waals surface area contributed by atoms with E-state index in [0.717, 1.165) is 6.20 Å². The van der Waals surface area contributed by atoms with Gasteiger partial charge in [0.05, 0.1) is 11.4 Å². The molecule has 7 heteroatoms. The highest BCUT2D eigenvalue weighted by Crippen LogP contribution is 2.12. The lowest BCUT2D eigenvalue weighted by Crippen LogP contribution is -2.15. The molecule has 1 rings (SSSR count). The lowest BCUT2D eigenvalue weighted by Gasteiger charge is -2.04. The summed E-state index contributed by atoms with van der Waals surface area (Å²) in [6.07, 6.45) is 1.11. The Kier molecular flexibility index (Phi) is 3.13. The molecule has 84 valence electrons. The molecule has 0 atom stereocenters. The number of aromatic carboxylic acids is 1. The number of oxazole rings is 1. The van der Waals surface area contributed by atoms with E-state index in [1.54, 1.807) is 13.8 Å². The number of rotatable bonds is 4. The molecular weight excluding hydrogens is 222 g/mol. The van der Waals surface area contributed by atoms with E-state index in [1.807, 2.05) is 0 Å². The summed E-state index contributed by atoms with van der Waals surface area (Å²) in [7, 11) is -3.29. The van der Waals surface area contributed by atoms with E-state index in [2.05, 4.69) is 4.98 Å². The van der Waals surface area contributed by atoms with Crippen LogP contribution in [0.3, 0.4) is 0 Å². The van der Waals surface area contributed by atoms with Gasteiger partial charge < -0.3 is 9.52 Å². The highest BCUT2D eigenvalue weighted by Gasteiger charge is 2.20. The molecule has 1 aromatic heterocycles. The molecule has 0 unspecified atom stereocenters. The number of sulfone groups is 1. The van der Waals surface area contributed by atoms with Gasteiger partial charge in [-0.3, -0.25) is 0 Å². The number of carbonyl (C=O) groups is 1. The summed E-state index contributed by atoms with van der Waals surface area (Å²) in [6, 6.07) is 0. The quantitative estimate of drug-likeness (QED) is 0.821. The molecule has 0 bridgehead atoms. The van der Waals surface area contributed by atoms with Crippen LogP contribution in [0, 0.1) is 0 Å². The zero-order chi connectivity index (χ0) is 11.6. The maximum Gasteiger partial charge on any atom is 0.392 e. The van der Waals surface area contributed by atoms with Gasteiger partial charge >= 0.3 is 11.9 Å². The average Bonchev–Trinajstić information content (AvgIpc) is 2.51. The summed E-state index contributed by atoms with van der Waals surface area (Å²) in [4.78, 5) is 13.8. The first-order valence-electron chi connectivity index (χ1n) is 4.22. The summed E-state index contributed by atoms with van der Waals surface area (Å²) in [5, 5.41) is 7.97. The maximum atomic E-state index is 11.4. The second kappa shape index (κ2) is 4.01. The molecule has 0 saturated carbocycles. The van der Waals surface area contributed by atoms with E-state index in [0.29, 0.717) is 0 Å². The van der Waals surface area contributed by atoms with Gasteiger partial charge in [0.1, 0.15) is 11.5 Å². The number of nitrogens with zero attached hydrogens (tertiary/aromatic N) is 1. The van der Waals surface area contributed by atoms with Crippen LogP contribution in [0.5, 0.6) is 0 Å². The second-order valence-corrected chi connectivity index (χ2v) is 5.85. The zero-order valence-corrected chi connectivity index (χ0v) is 9.11. The lowest BCUT2D eigenvalue weighted by molar-refractivity contribution is 0.0652. The van der Waals surface area contributed by atoms with Crippen LogP contribution in [0.25, 0.3) is 0 Å². The zero-order valence-electron chi connectivity index (χ0n) is 8.30. The SMILES string of the molecule is CC(C)S(=O)(=O)Cc1cnc(C(=O)O)o1. The van der Waals surface area contributed by atoms with E-state index in [1.165, 1.54) is 0 Å². The molecular formula is C8H11NO5S. The van der Waals surface area contributed by atoms with E-state index in [4.69, 9.17) is 9.52 Å². The Labute approximate surface area is 86.9 Å². The van der Waals surface area contributed by atoms with Crippen molar-refractivity contribution in [3.05, 3.63) is 17.8 Å². The fourth-order valence-corrected chi connectivity index (χ4v) is 1.70. The molecule has 0 aliphatic heterocycles. The van der Waals surface area contributed by atoms with Crippen LogP contribution in [0.2, 0.25) is 0 Å². The minimum Gasteiger partial charge on any atom is -0.474 e. The Bertz CT molecular complexity index is 459. The first-order valence-corrected chi connectivity index (χ1v) is 5.94. The molecule has 0 fully saturated rings.